The molecular formula is C15H17NO. The van der Waals surface area contributed by atoms with Crippen molar-refractivity contribution in [1.29, 1.82) is 0 Å². The van der Waals surface area contributed by atoms with Crippen LogP contribution in [0.15, 0.2) is 48.5 Å². The fraction of sp³-hybridized carbons (Fsp3) is 0.200. The van der Waals surface area contributed by atoms with E-state index in [2.05, 4.69) is 17.0 Å². The molecule has 0 aliphatic rings. The average molecular weight is 227 g/mol. The summed E-state index contributed by atoms with van der Waals surface area (Å²) in [5, 5.41) is 9.97. The maximum atomic E-state index is 9.97. The lowest BCUT2D eigenvalue weighted by atomic mass is 10.1. The Labute approximate surface area is 102 Å². The van der Waals surface area contributed by atoms with Gasteiger partial charge in [0, 0.05) is 24.8 Å². The number of hydrogen-bond donors (Lipinski definition) is 1. The van der Waals surface area contributed by atoms with Crippen molar-refractivity contribution in [2.24, 2.45) is 0 Å². The molecule has 2 aromatic carbocycles. The van der Waals surface area contributed by atoms with Crippen molar-refractivity contribution in [3.05, 3.63) is 59.7 Å². The molecule has 0 spiro atoms. The predicted octanol–water partition coefficient (Wildman–Crippen LogP) is 3.34. The molecule has 0 aliphatic carbocycles. The smallest absolute Gasteiger partial charge is 0.123 e. The highest BCUT2D eigenvalue weighted by Gasteiger charge is 2.07. The quantitative estimate of drug-likeness (QED) is 0.869. The van der Waals surface area contributed by atoms with Gasteiger partial charge in [0.15, 0.2) is 0 Å². The molecule has 0 aliphatic heterocycles. The van der Waals surface area contributed by atoms with E-state index in [0.29, 0.717) is 12.3 Å². The Morgan fingerprint density at radius 2 is 1.71 bits per heavy atom. The first-order chi connectivity index (χ1) is 8.18. The molecule has 2 rings (SSSR count). The van der Waals surface area contributed by atoms with Gasteiger partial charge in [0.25, 0.3) is 0 Å². The van der Waals surface area contributed by atoms with Crippen LogP contribution in [0, 0.1) is 6.92 Å². The summed E-state index contributed by atoms with van der Waals surface area (Å²) in [5.41, 5.74) is 3.02. The summed E-state index contributed by atoms with van der Waals surface area (Å²) in [6.45, 7) is 2.62. The van der Waals surface area contributed by atoms with Gasteiger partial charge in [-0.25, -0.2) is 0 Å². The minimum Gasteiger partial charge on any atom is -0.507 e. The second-order valence-corrected chi connectivity index (χ2v) is 4.27. The summed E-state index contributed by atoms with van der Waals surface area (Å²) in [5.74, 6) is 0.398. The summed E-state index contributed by atoms with van der Waals surface area (Å²) >= 11 is 0. The lowest BCUT2D eigenvalue weighted by molar-refractivity contribution is 0.463. The van der Waals surface area contributed by atoms with Crippen LogP contribution in [0.3, 0.4) is 0 Å². The summed E-state index contributed by atoms with van der Waals surface area (Å²) in [4.78, 5) is 2.12. The van der Waals surface area contributed by atoms with E-state index in [1.54, 1.807) is 0 Å². The Hall–Kier alpha value is -1.96. The number of phenols is 1. The second kappa shape index (κ2) is 4.91. The molecule has 2 aromatic rings. The summed E-state index contributed by atoms with van der Waals surface area (Å²) < 4.78 is 0. The molecular weight excluding hydrogens is 210 g/mol. The first-order valence-electron chi connectivity index (χ1n) is 5.72. The van der Waals surface area contributed by atoms with E-state index in [-0.39, 0.29) is 0 Å². The van der Waals surface area contributed by atoms with Crippen LogP contribution >= 0.6 is 0 Å². The van der Waals surface area contributed by atoms with E-state index in [1.165, 1.54) is 0 Å². The SMILES string of the molecule is Cc1cccc(CN(C)c2ccccc2)c1O. The van der Waals surface area contributed by atoms with Gasteiger partial charge in [-0.1, -0.05) is 36.4 Å². The summed E-state index contributed by atoms with van der Waals surface area (Å²) in [6.07, 6.45) is 0. The van der Waals surface area contributed by atoms with Crippen molar-refractivity contribution in [3.63, 3.8) is 0 Å². The predicted molar refractivity (Wildman–Crippen MR) is 71.4 cm³/mol. The van der Waals surface area contributed by atoms with Gasteiger partial charge in [0.2, 0.25) is 0 Å². The fourth-order valence-corrected chi connectivity index (χ4v) is 1.88. The van der Waals surface area contributed by atoms with Gasteiger partial charge < -0.3 is 10.0 Å². The normalized spacial score (nSPS) is 10.2. The highest BCUT2D eigenvalue weighted by atomic mass is 16.3. The zero-order valence-corrected chi connectivity index (χ0v) is 10.2. The maximum absolute atomic E-state index is 9.97. The molecule has 17 heavy (non-hydrogen) atoms. The van der Waals surface area contributed by atoms with Gasteiger partial charge >= 0.3 is 0 Å². The van der Waals surface area contributed by atoms with Crippen LogP contribution in [-0.4, -0.2) is 12.2 Å². The number of para-hydroxylation sites is 2. The van der Waals surface area contributed by atoms with Crippen LogP contribution in [-0.2, 0) is 6.54 Å². The van der Waals surface area contributed by atoms with E-state index in [4.69, 9.17) is 0 Å². The first kappa shape index (κ1) is 11.5. The fourth-order valence-electron chi connectivity index (χ4n) is 1.88. The van der Waals surface area contributed by atoms with Crippen LogP contribution < -0.4 is 4.90 Å². The third kappa shape index (κ3) is 2.59. The molecule has 0 saturated heterocycles. The van der Waals surface area contributed by atoms with Crippen molar-refractivity contribution in [2.75, 3.05) is 11.9 Å². The second-order valence-electron chi connectivity index (χ2n) is 4.27. The Kier molecular flexibility index (Phi) is 3.33. The van der Waals surface area contributed by atoms with Gasteiger partial charge in [-0.3, -0.25) is 0 Å². The van der Waals surface area contributed by atoms with Crippen LogP contribution in [0.5, 0.6) is 5.75 Å². The van der Waals surface area contributed by atoms with Crippen LogP contribution in [0.2, 0.25) is 0 Å². The molecule has 2 heteroatoms. The van der Waals surface area contributed by atoms with E-state index in [0.717, 1.165) is 16.8 Å². The number of hydrogen-bond acceptors (Lipinski definition) is 2. The van der Waals surface area contributed by atoms with Crippen molar-refractivity contribution < 1.29 is 5.11 Å². The largest absolute Gasteiger partial charge is 0.507 e. The lowest BCUT2D eigenvalue weighted by Crippen LogP contribution is -2.16. The van der Waals surface area contributed by atoms with Gasteiger partial charge in [0.1, 0.15) is 5.75 Å². The monoisotopic (exact) mass is 227 g/mol. The standard InChI is InChI=1S/C15H17NO/c1-12-7-6-8-13(15(12)17)11-16(2)14-9-4-3-5-10-14/h3-10,17H,11H2,1-2H3. The highest BCUT2D eigenvalue weighted by molar-refractivity contribution is 5.48. The number of nitrogens with zero attached hydrogens (tertiary/aromatic N) is 1. The Balaban J connectivity index is 2.19. The zero-order valence-electron chi connectivity index (χ0n) is 10.2. The third-order valence-corrected chi connectivity index (χ3v) is 2.93. The Bertz CT molecular complexity index is 494. The number of aryl methyl sites for hydroxylation is 1. The molecule has 2 nitrogen and oxygen atoms in total. The molecule has 0 amide bonds. The molecule has 0 atom stereocenters. The zero-order chi connectivity index (χ0) is 12.3. The number of anilines is 1. The summed E-state index contributed by atoms with van der Waals surface area (Å²) in [6, 6.07) is 16.0. The minimum atomic E-state index is 0.398. The molecule has 0 aromatic heterocycles. The molecule has 0 bridgehead atoms. The minimum absolute atomic E-state index is 0.398. The van der Waals surface area contributed by atoms with Gasteiger partial charge in [-0.2, -0.15) is 0 Å². The van der Waals surface area contributed by atoms with Gasteiger partial charge in [-0.15, -0.1) is 0 Å². The summed E-state index contributed by atoms with van der Waals surface area (Å²) in [7, 11) is 2.02. The third-order valence-electron chi connectivity index (χ3n) is 2.93. The Morgan fingerprint density at radius 3 is 2.41 bits per heavy atom. The van der Waals surface area contributed by atoms with Crippen molar-refractivity contribution in [1.82, 2.24) is 0 Å². The van der Waals surface area contributed by atoms with E-state index < -0.39 is 0 Å². The van der Waals surface area contributed by atoms with Crippen LogP contribution in [0.4, 0.5) is 5.69 Å². The number of benzene rings is 2. The van der Waals surface area contributed by atoms with Crippen molar-refractivity contribution in [2.45, 2.75) is 13.5 Å². The van der Waals surface area contributed by atoms with Crippen LogP contribution in [0.25, 0.3) is 0 Å². The molecule has 0 saturated carbocycles. The number of rotatable bonds is 3. The van der Waals surface area contributed by atoms with Gasteiger partial charge in [-0.05, 0) is 24.6 Å². The average Bonchev–Trinajstić information content (AvgIpc) is 2.36. The first-order valence-corrected chi connectivity index (χ1v) is 5.72. The molecule has 1 N–H and O–H groups in total. The lowest BCUT2D eigenvalue weighted by Gasteiger charge is -2.20. The molecule has 0 heterocycles. The van der Waals surface area contributed by atoms with Crippen molar-refractivity contribution in [3.8, 4) is 5.75 Å². The molecule has 88 valence electrons. The van der Waals surface area contributed by atoms with Crippen molar-refractivity contribution >= 4 is 5.69 Å². The van der Waals surface area contributed by atoms with E-state index in [1.807, 2.05) is 50.4 Å². The van der Waals surface area contributed by atoms with Gasteiger partial charge in [0.05, 0.1) is 0 Å². The number of phenolic OH excluding ortho intramolecular Hbond substituents is 1. The Morgan fingerprint density at radius 1 is 1.00 bits per heavy atom. The molecule has 0 unspecified atom stereocenters. The van der Waals surface area contributed by atoms with E-state index >= 15 is 0 Å². The van der Waals surface area contributed by atoms with E-state index in [9.17, 15) is 5.11 Å². The molecule has 0 radical (unpaired) electrons. The maximum Gasteiger partial charge on any atom is 0.123 e. The highest BCUT2D eigenvalue weighted by Crippen LogP contribution is 2.24. The van der Waals surface area contributed by atoms with Crippen LogP contribution in [0.1, 0.15) is 11.1 Å². The topological polar surface area (TPSA) is 23.5 Å². The number of aromatic hydroxyl groups is 1. The molecule has 0 fully saturated rings.